The zero-order valence-corrected chi connectivity index (χ0v) is 11.9. The van der Waals surface area contributed by atoms with Crippen LogP contribution in [0.2, 0.25) is 0 Å². The van der Waals surface area contributed by atoms with E-state index in [0.29, 0.717) is 29.4 Å². The average Bonchev–Trinajstić information content (AvgIpc) is 2.43. The van der Waals surface area contributed by atoms with Gasteiger partial charge in [-0.15, -0.1) is 0 Å². The van der Waals surface area contributed by atoms with Crippen molar-refractivity contribution in [3.8, 4) is 17.2 Å². The number of benzene rings is 2. The Morgan fingerprint density at radius 3 is 2.57 bits per heavy atom. The molecule has 110 valence electrons. The van der Waals surface area contributed by atoms with E-state index in [0.717, 1.165) is 0 Å². The summed E-state index contributed by atoms with van der Waals surface area (Å²) in [5.41, 5.74) is 6.69. The molecule has 0 amide bonds. The first kappa shape index (κ1) is 14.7. The monoisotopic (exact) mass is 287 g/mol. The molecule has 2 rings (SSSR count). The Kier molecular flexibility index (Phi) is 4.33. The van der Waals surface area contributed by atoms with Gasteiger partial charge in [-0.2, -0.15) is 0 Å². The molecule has 0 aliphatic heterocycles. The van der Waals surface area contributed by atoms with Gasteiger partial charge in [-0.3, -0.25) is 0 Å². The third-order valence-corrected chi connectivity index (χ3v) is 2.94. The second kappa shape index (κ2) is 6.17. The Bertz CT molecular complexity index is 667. The second-order valence-corrected chi connectivity index (χ2v) is 4.52. The summed E-state index contributed by atoms with van der Waals surface area (Å²) in [6.07, 6.45) is 0. The topological polar surface area (TPSA) is 81.8 Å². The van der Waals surface area contributed by atoms with E-state index in [1.807, 2.05) is 19.1 Å². The maximum atomic E-state index is 11.2. The van der Waals surface area contributed by atoms with Crippen molar-refractivity contribution in [1.29, 1.82) is 0 Å². The van der Waals surface area contributed by atoms with Crippen LogP contribution < -0.4 is 15.2 Å². The van der Waals surface area contributed by atoms with Crippen molar-refractivity contribution in [3.05, 3.63) is 47.5 Å². The number of aromatic carboxylic acids is 1. The van der Waals surface area contributed by atoms with Crippen LogP contribution in [-0.2, 0) is 0 Å². The standard InChI is InChI=1S/C16H17NO4/c1-3-20-11-5-4-6-12(8-11)21-13-7-10(2)15(17)14(9-13)16(18)19/h4-9H,3,17H2,1-2H3,(H,18,19). The zero-order valence-electron chi connectivity index (χ0n) is 11.9. The molecule has 0 bridgehead atoms. The van der Waals surface area contributed by atoms with Crippen LogP contribution in [0.25, 0.3) is 0 Å². The summed E-state index contributed by atoms with van der Waals surface area (Å²) >= 11 is 0. The van der Waals surface area contributed by atoms with Gasteiger partial charge in [0, 0.05) is 11.8 Å². The Morgan fingerprint density at radius 1 is 1.19 bits per heavy atom. The van der Waals surface area contributed by atoms with Gasteiger partial charge in [-0.05, 0) is 43.7 Å². The molecule has 5 nitrogen and oxygen atoms in total. The average molecular weight is 287 g/mol. The molecule has 0 spiro atoms. The van der Waals surface area contributed by atoms with Gasteiger partial charge in [-0.1, -0.05) is 6.07 Å². The van der Waals surface area contributed by atoms with Gasteiger partial charge in [0.25, 0.3) is 0 Å². The molecule has 0 radical (unpaired) electrons. The predicted molar refractivity (Wildman–Crippen MR) is 80.2 cm³/mol. The van der Waals surface area contributed by atoms with Crippen molar-refractivity contribution < 1.29 is 19.4 Å². The van der Waals surface area contributed by atoms with Crippen LogP contribution in [-0.4, -0.2) is 17.7 Å². The number of carboxylic acids is 1. The number of aryl methyl sites for hydroxylation is 1. The number of hydrogen-bond donors (Lipinski definition) is 2. The Hall–Kier alpha value is -2.69. The van der Waals surface area contributed by atoms with Crippen molar-refractivity contribution in [2.75, 3.05) is 12.3 Å². The molecule has 0 aromatic heterocycles. The lowest BCUT2D eigenvalue weighted by Gasteiger charge is -2.11. The molecular formula is C16H17NO4. The maximum absolute atomic E-state index is 11.2. The summed E-state index contributed by atoms with van der Waals surface area (Å²) in [6, 6.07) is 10.3. The maximum Gasteiger partial charge on any atom is 0.337 e. The quantitative estimate of drug-likeness (QED) is 0.823. The number of hydrogen-bond acceptors (Lipinski definition) is 4. The van der Waals surface area contributed by atoms with Crippen molar-refractivity contribution >= 4 is 11.7 Å². The van der Waals surface area contributed by atoms with Crippen LogP contribution in [0.5, 0.6) is 17.2 Å². The van der Waals surface area contributed by atoms with Crippen LogP contribution in [0, 0.1) is 6.92 Å². The van der Waals surface area contributed by atoms with Gasteiger partial charge in [0.05, 0.1) is 12.2 Å². The first-order valence-corrected chi connectivity index (χ1v) is 6.55. The smallest absolute Gasteiger partial charge is 0.337 e. The van der Waals surface area contributed by atoms with Gasteiger partial charge in [-0.25, -0.2) is 4.79 Å². The van der Waals surface area contributed by atoms with Crippen LogP contribution in [0.4, 0.5) is 5.69 Å². The predicted octanol–water partition coefficient (Wildman–Crippen LogP) is 3.47. The molecular weight excluding hydrogens is 270 g/mol. The normalized spacial score (nSPS) is 10.2. The molecule has 0 heterocycles. The van der Waals surface area contributed by atoms with Crippen LogP contribution in [0.3, 0.4) is 0 Å². The molecule has 0 fully saturated rings. The fraction of sp³-hybridized carbons (Fsp3) is 0.188. The van der Waals surface area contributed by atoms with Crippen LogP contribution in [0.15, 0.2) is 36.4 Å². The number of carbonyl (C=O) groups is 1. The van der Waals surface area contributed by atoms with Crippen LogP contribution >= 0.6 is 0 Å². The molecule has 0 aliphatic carbocycles. The number of anilines is 1. The van der Waals surface area contributed by atoms with Crippen LogP contribution in [0.1, 0.15) is 22.8 Å². The summed E-state index contributed by atoms with van der Waals surface area (Å²) in [7, 11) is 0. The number of carboxylic acid groups (broad SMARTS) is 1. The summed E-state index contributed by atoms with van der Waals surface area (Å²) in [5.74, 6) is 0.610. The van der Waals surface area contributed by atoms with Crippen molar-refractivity contribution in [3.63, 3.8) is 0 Å². The highest BCUT2D eigenvalue weighted by Crippen LogP contribution is 2.29. The fourth-order valence-corrected chi connectivity index (χ4v) is 1.93. The minimum absolute atomic E-state index is 0.0333. The minimum atomic E-state index is -1.08. The Labute approximate surface area is 122 Å². The molecule has 2 aromatic rings. The van der Waals surface area contributed by atoms with E-state index >= 15 is 0 Å². The van der Waals surface area contributed by atoms with E-state index in [-0.39, 0.29) is 11.3 Å². The van der Waals surface area contributed by atoms with E-state index < -0.39 is 5.97 Å². The third kappa shape index (κ3) is 3.45. The Balaban J connectivity index is 2.31. The molecule has 0 saturated heterocycles. The lowest BCUT2D eigenvalue weighted by Crippen LogP contribution is -2.04. The van der Waals surface area contributed by atoms with E-state index in [9.17, 15) is 4.79 Å². The molecule has 3 N–H and O–H groups in total. The SMILES string of the molecule is CCOc1cccc(Oc2cc(C)c(N)c(C(=O)O)c2)c1. The molecule has 0 atom stereocenters. The van der Waals surface area contributed by atoms with Crippen molar-refractivity contribution in [2.24, 2.45) is 0 Å². The highest BCUT2D eigenvalue weighted by Gasteiger charge is 2.13. The molecule has 5 heteroatoms. The fourth-order valence-electron chi connectivity index (χ4n) is 1.93. The molecule has 21 heavy (non-hydrogen) atoms. The summed E-state index contributed by atoms with van der Waals surface area (Å²) < 4.78 is 11.1. The first-order chi connectivity index (χ1) is 10.0. The molecule has 0 saturated carbocycles. The minimum Gasteiger partial charge on any atom is -0.494 e. The first-order valence-electron chi connectivity index (χ1n) is 6.55. The zero-order chi connectivity index (χ0) is 15.4. The Morgan fingerprint density at radius 2 is 1.90 bits per heavy atom. The number of nitrogen functional groups attached to an aromatic ring is 1. The highest BCUT2D eigenvalue weighted by atomic mass is 16.5. The lowest BCUT2D eigenvalue weighted by molar-refractivity contribution is 0.0697. The number of nitrogens with two attached hydrogens (primary N) is 1. The van der Waals surface area contributed by atoms with Gasteiger partial charge < -0.3 is 20.3 Å². The van der Waals surface area contributed by atoms with E-state index in [2.05, 4.69) is 0 Å². The molecule has 2 aromatic carbocycles. The second-order valence-electron chi connectivity index (χ2n) is 4.52. The van der Waals surface area contributed by atoms with Gasteiger partial charge in [0.2, 0.25) is 0 Å². The molecule has 0 aliphatic rings. The molecule has 0 unspecified atom stereocenters. The lowest BCUT2D eigenvalue weighted by atomic mass is 10.1. The van der Waals surface area contributed by atoms with Gasteiger partial charge >= 0.3 is 5.97 Å². The van der Waals surface area contributed by atoms with Crippen molar-refractivity contribution in [1.82, 2.24) is 0 Å². The summed E-state index contributed by atoms with van der Waals surface area (Å²) in [4.78, 5) is 11.2. The largest absolute Gasteiger partial charge is 0.494 e. The third-order valence-electron chi connectivity index (χ3n) is 2.94. The van der Waals surface area contributed by atoms with E-state index in [1.54, 1.807) is 25.1 Å². The summed E-state index contributed by atoms with van der Waals surface area (Å²) in [5, 5.41) is 9.14. The van der Waals surface area contributed by atoms with Gasteiger partial charge in [0.15, 0.2) is 0 Å². The van der Waals surface area contributed by atoms with E-state index in [1.165, 1.54) is 6.07 Å². The number of rotatable bonds is 5. The summed E-state index contributed by atoms with van der Waals surface area (Å²) in [6.45, 7) is 4.20. The highest BCUT2D eigenvalue weighted by molar-refractivity contribution is 5.95. The van der Waals surface area contributed by atoms with Gasteiger partial charge in [0.1, 0.15) is 17.2 Å². The van der Waals surface area contributed by atoms with Crippen molar-refractivity contribution in [2.45, 2.75) is 13.8 Å². The number of ether oxygens (including phenoxy) is 2. The van der Waals surface area contributed by atoms with E-state index in [4.69, 9.17) is 20.3 Å².